The average Bonchev–Trinajstić information content (AvgIpc) is 2.76. The highest BCUT2D eigenvalue weighted by molar-refractivity contribution is 5.20. The van der Waals surface area contributed by atoms with E-state index in [2.05, 4.69) is 6.08 Å². The summed E-state index contributed by atoms with van der Waals surface area (Å²) in [5.74, 6) is 1.96. The quantitative estimate of drug-likeness (QED) is 0.348. The number of halogens is 1. The number of rotatable bonds is 8. The summed E-state index contributed by atoms with van der Waals surface area (Å²) in [6.45, 7) is 0.916. The number of hydrogen-bond acceptors (Lipinski definition) is 2. The monoisotopic (exact) mass is 395 g/mol. The van der Waals surface area contributed by atoms with Crippen LogP contribution in [0.1, 0.15) is 75.7 Å². The fourth-order valence-corrected chi connectivity index (χ4v) is 4.86. The van der Waals surface area contributed by atoms with Crippen LogP contribution in [0, 0.1) is 29.0 Å². The first-order chi connectivity index (χ1) is 14.2. The minimum atomic E-state index is -0.144. The molecule has 0 N–H and O–H groups in total. The lowest BCUT2D eigenvalue weighted by Crippen LogP contribution is -2.25. The Balaban J connectivity index is 1.27. The van der Waals surface area contributed by atoms with Crippen molar-refractivity contribution in [1.29, 1.82) is 5.26 Å². The van der Waals surface area contributed by atoms with E-state index in [-0.39, 0.29) is 5.82 Å². The molecule has 0 amide bonds. The zero-order valence-corrected chi connectivity index (χ0v) is 17.4. The van der Waals surface area contributed by atoms with Gasteiger partial charge in [0.25, 0.3) is 0 Å². The van der Waals surface area contributed by atoms with Gasteiger partial charge in [0.05, 0.1) is 12.2 Å². The SMILES string of the molecule is N#C/C=C/C=C/CCC1CCC(OCC2CCC(c3ccc(F)cc3)CC2)CC1. The molecule has 0 saturated heterocycles. The minimum absolute atomic E-state index is 0.144. The molecule has 1 aromatic rings. The van der Waals surface area contributed by atoms with Crippen molar-refractivity contribution in [3.8, 4) is 6.07 Å². The lowest BCUT2D eigenvalue weighted by molar-refractivity contribution is -0.00824. The first kappa shape index (κ1) is 21.8. The Labute approximate surface area is 175 Å². The summed E-state index contributed by atoms with van der Waals surface area (Å²) in [6, 6.07) is 9.08. The highest BCUT2D eigenvalue weighted by Gasteiger charge is 2.25. The van der Waals surface area contributed by atoms with E-state index in [1.54, 1.807) is 18.2 Å². The molecule has 29 heavy (non-hydrogen) atoms. The highest BCUT2D eigenvalue weighted by Crippen LogP contribution is 2.37. The zero-order chi connectivity index (χ0) is 20.3. The van der Waals surface area contributed by atoms with Gasteiger partial charge in [-0.1, -0.05) is 30.4 Å². The predicted octanol–water partition coefficient (Wildman–Crippen LogP) is 7.09. The molecule has 0 unspecified atom stereocenters. The van der Waals surface area contributed by atoms with E-state index < -0.39 is 0 Å². The van der Waals surface area contributed by atoms with Crippen molar-refractivity contribution in [2.75, 3.05) is 6.61 Å². The van der Waals surface area contributed by atoms with Gasteiger partial charge in [0.2, 0.25) is 0 Å². The number of benzene rings is 1. The lowest BCUT2D eigenvalue weighted by Gasteiger charge is -2.32. The summed E-state index contributed by atoms with van der Waals surface area (Å²) in [5.41, 5.74) is 1.29. The van der Waals surface area contributed by atoms with Crippen molar-refractivity contribution >= 4 is 0 Å². The Hall–Kier alpha value is -1.92. The molecular formula is C26H34FNO. The number of ether oxygens (including phenoxy) is 1. The number of hydrogen-bond donors (Lipinski definition) is 0. The van der Waals surface area contributed by atoms with Crippen LogP contribution in [0.25, 0.3) is 0 Å². The van der Waals surface area contributed by atoms with Gasteiger partial charge in [0.1, 0.15) is 5.82 Å². The minimum Gasteiger partial charge on any atom is -0.378 e. The Bertz CT molecular complexity index is 686. The second-order valence-corrected chi connectivity index (χ2v) is 8.74. The second kappa shape index (κ2) is 11.9. The maximum atomic E-state index is 13.1. The van der Waals surface area contributed by atoms with Crippen molar-refractivity contribution in [3.05, 3.63) is 60.0 Å². The molecule has 156 valence electrons. The van der Waals surface area contributed by atoms with E-state index in [0.717, 1.165) is 18.9 Å². The number of nitrogens with zero attached hydrogens (tertiary/aromatic N) is 1. The van der Waals surface area contributed by atoms with Crippen molar-refractivity contribution in [1.82, 2.24) is 0 Å². The average molecular weight is 396 g/mol. The Morgan fingerprint density at radius 1 is 0.931 bits per heavy atom. The molecule has 2 aliphatic rings. The van der Waals surface area contributed by atoms with Crippen molar-refractivity contribution in [2.45, 2.75) is 76.2 Å². The van der Waals surface area contributed by atoms with E-state index >= 15 is 0 Å². The molecule has 2 nitrogen and oxygen atoms in total. The van der Waals surface area contributed by atoms with Crippen molar-refractivity contribution < 1.29 is 9.13 Å². The van der Waals surface area contributed by atoms with Gasteiger partial charge in [-0.25, -0.2) is 4.39 Å². The molecule has 2 saturated carbocycles. The van der Waals surface area contributed by atoms with Gasteiger partial charge in [-0.3, -0.25) is 0 Å². The topological polar surface area (TPSA) is 33.0 Å². The van der Waals surface area contributed by atoms with Gasteiger partial charge in [0, 0.05) is 12.7 Å². The molecule has 0 heterocycles. The van der Waals surface area contributed by atoms with Gasteiger partial charge in [-0.05, 0) is 99.7 Å². The molecule has 3 heteroatoms. The molecule has 2 fully saturated rings. The largest absolute Gasteiger partial charge is 0.378 e. The second-order valence-electron chi connectivity index (χ2n) is 8.74. The summed E-state index contributed by atoms with van der Waals surface area (Å²) in [4.78, 5) is 0. The molecule has 1 aromatic carbocycles. The van der Waals surface area contributed by atoms with Gasteiger partial charge in [-0.2, -0.15) is 5.26 Å². The van der Waals surface area contributed by atoms with Gasteiger partial charge in [0.15, 0.2) is 0 Å². The van der Waals surface area contributed by atoms with Gasteiger partial charge in [-0.15, -0.1) is 0 Å². The molecule has 0 bridgehead atoms. The predicted molar refractivity (Wildman–Crippen MR) is 116 cm³/mol. The molecule has 0 spiro atoms. The van der Waals surface area contributed by atoms with E-state index in [1.807, 2.05) is 24.3 Å². The molecule has 3 rings (SSSR count). The molecule has 0 aromatic heterocycles. The normalized spacial score (nSPS) is 28.0. The lowest BCUT2D eigenvalue weighted by atomic mass is 9.79. The third kappa shape index (κ3) is 7.44. The number of nitriles is 1. The third-order valence-electron chi connectivity index (χ3n) is 6.71. The van der Waals surface area contributed by atoms with Crippen LogP contribution in [-0.4, -0.2) is 12.7 Å². The first-order valence-corrected chi connectivity index (χ1v) is 11.3. The third-order valence-corrected chi connectivity index (χ3v) is 6.71. The smallest absolute Gasteiger partial charge is 0.123 e. The van der Waals surface area contributed by atoms with Crippen LogP contribution in [0.2, 0.25) is 0 Å². The Morgan fingerprint density at radius 2 is 1.62 bits per heavy atom. The zero-order valence-electron chi connectivity index (χ0n) is 17.4. The molecule has 0 atom stereocenters. The molecular weight excluding hydrogens is 361 g/mol. The summed E-state index contributed by atoms with van der Waals surface area (Å²) in [6.07, 6.45) is 20.1. The van der Waals surface area contributed by atoms with Gasteiger partial charge >= 0.3 is 0 Å². The fourth-order valence-electron chi connectivity index (χ4n) is 4.86. The number of allylic oxidation sites excluding steroid dienone is 4. The van der Waals surface area contributed by atoms with Crippen LogP contribution in [0.3, 0.4) is 0 Å². The van der Waals surface area contributed by atoms with Crippen LogP contribution in [0.5, 0.6) is 0 Å². The Morgan fingerprint density at radius 3 is 2.31 bits per heavy atom. The summed E-state index contributed by atoms with van der Waals surface area (Å²) in [5, 5.41) is 8.45. The van der Waals surface area contributed by atoms with Crippen molar-refractivity contribution in [3.63, 3.8) is 0 Å². The van der Waals surface area contributed by atoms with Crippen LogP contribution < -0.4 is 0 Å². The van der Waals surface area contributed by atoms with E-state index in [4.69, 9.17) is 10.00 Å². The van der Waals surface area contributed by atoms with E-state index in [1.165, 1.54) is 69.4 Å². The Kier molecular flexibility index (Phi) is 8.96. The summed E-state index contributed by atoms with van der Waals surface area (Å²) >= 11 is 0. The summed E-state index contributed by atoms with van der Waals surface area (Å²) < 4.78 is 19.4. The fraction of sp³-hybridized carbons (Fsp3) is 0.577. The van der Waals surface area contributed by atoms with Crippen LogP contribution in [0.4, 0.5) is 4.39 Å². The van der Waals surface area contributed by atoms with E-state index in [0.29, 0.717) is 17.9 Å². The van der Waals surface area contributed by atoms with Crippen LogP contribution in [-0.2, 0) is 4.74 Å². The van der Waals surface area contributed by atoms with Crippen LogP contribution in [0.15, 0.2) is 48.6 Å². The summed E-state index contributed by atoms with van der Waals surface area (Å²) in [7, 11) is 0. The molecule has 0 radical (unpaired) electrons. The van der Waals surface area contributed by atoms with Gasteiger partial charge < -0.3 is 4.74 Å². The van der Waals surface area contributed by atoms with E-state index in [9.17, 15) is 4.39 Å². The first-order valence-electron chi connectivity index (χ1n) is 11.3. The molecule has 0 aliphatic heterocycles. The van der Waals surface area contributed by atoms with Crippen LogP contribution >= 0.6 is 0 Å². The highest BCUT2D eigenvalue weighted by atomic mass is 19.1. The maximum absolute atomic E-state index is 13.1. The molecule has 2 aliphatic carbocycles. The standard InChI is InChI=1S/C26H34FNO/c27-25-15-13-24(14-16-25)23-11-7-22(8-12-23)20-29-26-17-9-21(10-18-26)6-4-2-1-3-5-19-28/h1-3,5,13-16,21-23,26H,4,6-12,17-18,20H2/b2-1+,5-3+. The maximum Gasteiger partial charge on any atom is 0.123 e. The van der Waals surface area contributed by atoms with Crippen molar-refractivity contribution in [2.24, 2.45) is 11.8 Å².